The van der Waals surface area contributed by atoms with Crippen molar-refractivity contribution in [2.24, 2.45) is 0 Å². The van der Waals surface area contributed by atoms with Gasteiger partial charge in [0.25, 0.3) is 0 Å². The molecule has 0 aromatic heterocycles. The first-order valence-electron chi connectivity index (χ1n) is 7.54. The smallest absolute Gasteiger partial charge is 0.180 e. The Kier molecular flexibility index (Phi) is 3.11. The Labute approximate surface area is 129 Å². The van der Waals surface area contributed by atoms with Crippen molar-refractivity contribution in [2.45, 2.75) is 12.1 Å². The second kappa shape index (κ2) is 5.26. The fourth-order valence-corrected chi connectivity index (χ4v) is 3.01. The molecule has 22 heavy (non-hydrogen) atoms. The van der Waals surface area contributed by atoms with Crippen molar-refractivity contribution in [2.75, 3.05) is 34.4 Å². The zero-order valence-corrected chi connectivity index (χ0v) is 12.1. The summed E-state index contributed by atoms with van der Waals surface area (Å²) in [5.41, 5.74) is 4.06. The van der Waals surface area contributed by atoms with E-state index < -0.39 is 0 Å². The van der Waals surface area contributed by atoms with Crippen LogP contribution in [0, 0.1) is 0 Å². The van der Waals surface area contributed by atoms with Gasteiger partial charge in [0.05, 0.1) is 22.7 Å². The summed E-state index contributed by atoms with van der Waals surface area (Å²) in [7, 11) is 0. The molecule has 4 rings (SSSR count). The van der Waals surface area contributed by atoms with Crippen LogP contribution in [0.1, 0.15) is 0 Å². The molecule has 0 spiro atoms. The van der Waals surface area contributed by atoms with E-state index in [1.165, 1.54) is 0 Å². The van der Waals surface area contributed by atoms with Gasteiger partial charge in [-0.25, -0.2) is 0 Å². The van der Waals surface area contributed by atoms with Crippen molar-refractivity contribution in [3.05, 3.63) is 48.5 Å². The van der Waals surface area contributed by atoms with Gasteiger partial charge < -0.3 is 21.3 Å². The first-order valence-corrected chi connectivity index (χ1v) is 7.54. The number of Topliss-reactive ketones (excluding diaryl/α,β-unsaturated/α-hetero) is 1. The van der Waals surface area contributed by atoms with Crippen LogP contribution in [0.3, 0.4) is 0 Å². The quantitative estimate of drug-likeness (QED) is 0.685. The summed E-state index contributed by atoms with van der Waals surface area (Å²) in [5.74, 6) is 0.170. The van der Waals surface area contributed by atoms with Gasteiger partial charge >= 0.3 is 0 Å². The first-order chi connectivity index (χ1) is 10.8. The van der Waals surface area contributed by atoms with Crippen LogP contribution in [0.25, 0.3) is 0 Å². The van der Waals surface area contributed by atoms with Gasteiger partial charge in [0.15, 0.2) is 5.78 Å². The molecule has 0 amide bonds. The van der Waals surface area contributed by atoms with Crippen LogP contribution < -0.4 is 21.3 Å². The maximum Gasteiger partial charge on any atom is 0.180 e. The number of benzene rings is 2. The molecule has 5 nitrogen and oxygen atoms in total. The minimum atomic E-state index is -0.223. The summed E-state index contributed by atoms with van der Waals surface area (Å²) >= 11 is 0. The Hall–Kier alpha value is -2.69. The van der Waals surface area contributed by atoms with Gasteiger partial charge in [0.1, 0.15) is 12.1 Å². The van der Waals surface area contributed by atoms with Gasteiger partial charge in [-0.15, -0.1) is 0 Å². The predicted octanol–water partition coefficient (Wildman–Crippen LogP) is 2.37. The largest absolute Gasteiger partial charge is 0.381 e. The molecule has 0 saturated heterocycles. The van der Waals surface area contributed by atoms with Gasteiger partial charge in [0.2, 0.25) is 0 Å². The molecule has 2 atom stereocenters. The molecular formula is C17H18N4O. The van der Waals surface area contributed by atoms with Crippen LogP contribution in [0.15, 0.2) is 48.5 Å². The maximum atomic E-state index is 12.8. The van der Waals surface area contributed by atoms with Crippen molar-refractivity contribution in [3.8, 4) is 0 Å². The van der Waals surface area contributed by atoms with E-state index in [-0.39, 0.29) is 17.9 Å². The number of fused-ring (bicyclic) bond motifs is 2. The molecule has 0 fully saturated rings. The van der Waals surface area contributed by atoms with E-state index in [1.807, 2.05) is 48.5 Å². The Bertz CT molecular complexity index is 656. The number of hydrogen-bond donors (Lipinski definition) is 4. The molecule has 2 aliphatic heterocycles. The fraction of sp³-hybridized carbons (Fsp3) is 0.235. The van der Waals surface area contributed by atoms with E-state index in [9.17, 15) is 4.79 Å². The van der Waals surface area contributed by atoms with E-state index >= 15 is 0 Å². The van der Waals surface area contributed by atoms with Gasteiger partial charge in [-0.2, -0.15) is 0 Å². The van der Waals surface area contributed by atoms with Crippen molar-refractivity contribution in [1.82, 2.24) is 0 Å². The van der Waals surface area contributed by atoms with Gasteiger partial charge in [-0.3, -0.25) is 4.79 Å². The lowest BCUT2D eigenvalue weighted by Gasteiger charge is -2.33. The number of ketones is 1. The molecule has 0 aliphatic carbocycles. The van der Waals surface area contributed by atoms with Crippen LogP contribution in [0.2, 0.25) is 0 Å². The van der Waals surface area contributed by atoms with Gasteiger partial charge in [-0.1, -0.05) is 24.3 Å². The summed E-state index contributed by atoms with van der Waals surface area (Å²) in [6.07, 6.45) is 0. The SMILES string of the molecule is O=C(C1CNc2ccccc2N1)C1CNc2ccccc2N1. The van der Waals surface area contributed by atoms with Crippen LogP contribution in [-0.2, 0) is 4.79 Å². The number of anilines is 4. The second-order valence-corrected chi connectivity index (χ2v) is 5.65. The summed E-state index contributed by atoms with van der Waals surface area (Å²) < 4.78 is 0. The number of carbonyl (C=O) groups is 1. The zero-order valence-electron chi connectivity index (χ0n) is 12.1. The second-order valence-electron chi connectivity index (χ2n) is 5.65. The molecule has 0 radical (unpaired) electrons. The molecular weight excluding hydrogens is 276 g/mol. The van der Waals surface area contributed by atoms with E-state index in [2.05, 4.69) is 21.3 Å². The molecule has 0 bridgehead atoms. The summed E-state index contributed by atoms with van der Waals surface area (Å²) in [6, 6.07) is 15.5. The first kappa shape index (κ1) is 13.0. The number of hydrogen-bond acceptors (Lipinski definition) is 5. The van der Waals surface area contributed by atoms with Crippen molar-refractivity contribution in [1.29, 1.82) is 0 Å². The Balaban J connectivity index is 1.50. The van der Waals surface area contributed by atoms with E-state index in [0.717, 1.165) is 22.7 Å². The van der Waals surface area contributed by atoms with E-state index in [4.69, 9.17) is 0 Å². The standard InChI is InChI=1S/C17H18N4O/c22-17(15-9-18-11-5-1-3-7-13(11)20-15)16-10-19-12-6-2-4-8-14(12)21-16/h1-8,15-16,18-21H,9-10H2. The fourth-order valence-electron chi connectivity index (χ4n) is 3.01. The molecule has 2 aromatic carbocycles. The third kappa shape index (κ3) is 2.24. The molecule has 2 aliphatic rings. The van der Waals surface area contributed by atoms with Crippen LogP contribution >= 0.6 is 0 Å². The van der Waals surface area contributed by atoms with Gasteiger partial charge in [0, 0.05) is 13.1 Å². The minimum absolute atomic E-state index is 0.170. The monoisotopic (exact) mass is 294 g/mol. The van der Waals surface area contributed by atoms with Gasteiger partial charge in [-0.05, 0) is 24.3 Å². The van der Waals surface area contributed by atoms with Crippen molar-refractivity contribution >= 4 is 28.5 Å². The molecule has 5 heteroatoms. The maximum absolute atomic E-state index is 12.8. The Morgan fingerprint density at radius 3 is 1.59 bits per heavy atom. The predicted molar refractivity (Wildman–Crippen MR) is 89.7 cm³/mol. The topological polar surface area (TPSA) is 65.2 Å². The van der Waals surface area contributed by atoms with Crippen LogP contribution in [-0.4, -0.2) is 31.0 Å². The number of nitrogens with one attached hydrogen (secondary N) is 4. The highest BCUT2D eigenvalue weighted by Crippen LogP contribution is 2.28. The molecule has 2 heterocycles. The number of rotatable bonds is 2. The molecule has 2 aromatic rings. The number of carbonyl (C=O) groups excluding carboxylic acids is 1. The minimum Gasteiger partial charge on any atom is -0.381 e. The Morgan fingerprint density at radius 1 is 0.727 bits per heavy atom. The lowest BCUT2D eigenvalue weighted by molar-refractivity contribution is -0.120. The molecule has 112 valence electrons. The van der Waals surface area contributed by atoms with E-state index in [1.54, 1.807) is 0 Å². The highest BCUT2D eigenvalue weighted by atomic mass is 16.1. The summed E-state index contributed by atoms with van der Waals surface area (Å²) in [4.78, 5) is 12.8. The highest BCUT2D eigenvalue weighted by Gasteiger charge is 2.31. The average Bonchev–Trinajstić information content (AvgIpc) is 2.60. The average molecular weight is 294 g/mol. The van der Waals surface area contributed by atoms with E-state index in [0.29, 0.717) is 13.1 Å². The normalized spacial score (nSPS) is 22.0. The number of para-hydroxylation sites is 4. The Morgan fingerprint density at radius 2 is 1.14 bits per heavy atom. The lowest BCUT2D eigenvalue weighted by atomic mass is 10.00. The third-order valence-electron chi connectivity index (χ3n) is 4.19. The van der Waals surface area contributed by atoms with Crippen LogP contribution in [0.5, 0.6) is 0 Å². The highest BCUT2D eigenvalue weighted by molar-refractivity contribution is 5.97. The molecule has 0 saturated carbocycles. The lowest BCUT2D eigenvalue weighted by Crippen LogP contribution is -2.50. The van der Waals surface area contributed by atoms with Crippen LogP contribution in [0.4, 0.5) is 22.7 Å². The summed E-state index contributed by atoms with van der Waals surface area (Å²) in [6.45, 7) is 1.21. The summed E-state index contributed by atoms with van der Waals surface area (Å²) in [5, 5.41) is 13.3. The third-order valence-corrected chi connectivity index (χ3v) is 4.19. The van der Waals surface area contributed by atoms with Crippen molar-refractivity contribution < 1.29 is 4.79 Å². The molecule has 2 unspecified atom stereocenters. The van der Waals surface area contributed by atoms with Crippen molar-refractivity contribution in [3.63, 3.8) is 0 Å². The zero-order chi connectivity index (χ0) is 14.9. The molecule has 4 N–H and O–H groups in total.